The lowest BCUT2D eigenvalue weighted by atomic mass is 10.2. The first-order chi connectivity index (χ1) is 11.8. The van der Waals surface area contributed by atoms with Crippen LogP contribution in [-0.4, -0.2) is 27.6 Å². The lowest BCUT2D eigenvalue weighted by Crippen LogP contribution is -2.38. The van der Waals surface area contributed by atoms with E-state index in [0.717, 1.165) is 9.04 Å². The minimum Gasteiger partial charge on any atom is -0.458 e. The van der Waals surface area contributed by atoms with Gasteiger partial charge in [0.25, 0.3) is 11.5 Å². The molecule has 25 heavy (non-hydrogen) atoms. The van der Waals surface area contributed by atoms with Gasteiger partial charge < -0.3 is 10.1 Å². The molecule has 0 saturated carbocycles. The number of benzene rings is 1. The Hall–Kier alpha value is -2.68. The number of aromatic nitrogens is 2. The van der Waals surface area contributed by atoms with Crippen LogP contribution in [0.2, 0.25) is 0 Å². The first-order valence-electron chi connectivity index (χ1n) is 7.25. The highest BCUT2D eigenvalue weighted by molar-refractivity contribution is 9.10. The molecule has 0 aliphatic heterocycles. The summed E-state index contributed by atoms with van der Waals surface area (Å²) in [7, 11) is 2.83. The van der Waals surface area contributed by atoms with Gasteiger partial charge in [-0.25, -0.2) is 4.79 Å². The maximum absolute atomic E-state index is 11.9. The van der Waals surface area contributed by atoms with E-state index in [1.54, 1.807) is 24.3 Å². The van der Waals surface area contributed by atoms with Crippen LogP contribution in [0.15, 0.2) is 44.4 Å². The van der Waals surface area contributed by atoms with Crippen molar-refractivity contribution in [1.82, 2.24) is 14.5 Å². The molecular formula is C16H16BrN3O5. The number of halogens is 1. The zero-order valence-corrected chi connectivity index (χ0v) is 15.2. The smallest absolute Gasteiger partial charge is 0.330 e. The van der Waals surface area contributed by atoms with Crippen LogP contribution < -0.4 is 16.6 Å². The molecule has 0 saturated heterocycles. The average molecular weight is 410 g/mol. The highest BCUT2D eigenvalue weighted by Gasteiger charge is 2.11. The third-order valence-electron chi connectivity index (χ3n) is 3.51. The summed E-state index contributed by atoms with van der Waals surface area (Å²) in [5, 5.41) is 2.44. The monoisotopic (exact) mass is 409 g/mol. The predicted molar refractivity (Wildman–Crippen MR) is 93.2 cm³/mol. The highest BCUT2D eigenvalue weighted by Crippen LogP contribution is 2.10. The normalized spacial score (nSPS) is 10.4. The third kappa shape index (κ3) is 4.66. The van der Waals surface area contributed by atoms with Crippen molar-refractivity contribution in [3.63, 3.8) is 0 Å². The van der Waals surface area contributed by atoms with Crippen LogP contribution in [-0.2, 0) is 30.2 Å². The van der Waals surface area contributed by atoms with Gasteiger partial charge >= 0.3 is 11.7 Å². The van der Waals surface area contributed by atoms with E-state index in [1.165, 1.54) is 24.7 Å². The Morgan fingerprint density at radius 2 is 1.76 bits per heavy atom. The van der Waals surface area contributed by atoms with E-state index in [4.69, 9.17) is 4.74 Å². The standard InChI is InChI=1S/C16H16BrN3O5/c1-19-12(7-13(21)20(2)16(19)24)9-25-14(22)8-18-15(23)10-3-5-11(17)6-4-10/h3-7H,8-9H2,1-2H3,(H,18,23). The summed E-state index contributed by atoms with van der Waals surface area (Å²) >= 11 is 3.27. The van der Waals surface area contributed by atoms with Gasteiger partial charge in [0.1, 0.15) is 13.2 Å². The molecule has 0 unspecified atom stereocenters. The first-order valence-corrected chi connectivity index (χ1v) is 8.04. The molecule has 1 aromatic carbocycles. The number of nitrogens with zero attached hydrogens (tertiary/aromatic N) is 2. The van der Waals surface area contributed by atoms with E-state index < -0.39 is 23.1 Å². The number of ether oxygens (including phenoxy) is 1. The van der Waals surface area contributed by atoms with Gasteiger partial charge in [0.2, 0.25) is 0 Å². The Kier molecular flexibility index (Phi) is 5.92. The molecule has 0 spiro atoms. The van der Waals surface area contributed by atoms with E-state index in [0.29, 0.717) is 5.56 Å². The molecule has 0 bridgehead atoms. The van der Waals surface area contributed by atoms with Crippen LogP contribution in [0.25, 0.3) is 0 Å². The fourth-order valence-electron chi connectivity index (χ4n) is 1.98. The van der Waals surface area contributed by atoms with Crippen molar-refractivity contribution in [2.75, 3.05) is 6.54 Å². The molecular weight excluding hydrogens is 394 g/mol. The summed E-state index contributed by atoms with van der Waals surface area (Å²) in [5.41, 5.74) is -0.328. The number of nitrogens with one attached hydrogen (secondary N) is 1. The molecule has 8 nitrogen and oxygen atoms in total. The summed E-state index contributed by atoms with van der Waals surface area (Å²) < 4.78 is 8.00. The van der Waals surface area contributed by atoms with Gasteiger partial charge in [0, 0.05) is 30.2 Å². The Labute approximate surface area is 151 Å². The van der Waals surface area contributed by atoms with Gasteiger partial charge in [0.05, 0.1) is 5.69 Å². The fraction of sp³-hybridized carbons (Fsp3) is 0.250. The lowest BCUT2D eigenvalue weighted by molar-refractivity contribution is -0.143. The lowest BCUT2D eigenvalue weighted by Gasteiger charge is -2.10. The molecule has 9 heteroatoms. The van der Waals surface area contributed by atoms with Gasteiger partial charge in [-0.05, 0) is 24.3 Å². The van der Waals surface area contributed by atoms with Gasteiger partial charge in [0.15, 0.2) is 0 Å². The molecule has 0 atom stereocenters. The van der Waals surface area contributed by atoms with Crippen molar-refractivity contribution >= 4 is 27.8 Å². The maximum Gasteiger partial charge on any atom is 0.330 e. The Bertz CT molecular complexity index is 915. The molecule has 1 heterocycles. The summed E-state index contributed by atoms with van der Waals surface area (Å²) in [6.07, 6.45) is 0. The molecule has 1 amide bonds. The molecule has 2 aromatic rings. The first kappa shape index (κ1) is 18.7. The fourth-order valence-corrected chi connectivity index (χ4v) is 2.24. The van der Waals surface area contributed by atoms with Crippen LogP contribution >= 0.6 is 15.9 Å². The van der Waals surface area contributed by atoms with Gasteiger partial charge in [-0.15, -0.1) is 0 Å². The van der Waals surface area contributed by atoms with Crippen molar-refractivity contribution in [2.24, 2.45) is 14.1 Å². The van der Waals surface area contributed by atoms with Crippen molar-refractivity contribution in [3.05, 3.63) is 66.9 Å². The molecule has 1 N–H and O–H groups in total. The molecule has 0 aliphatic carbocycles. The predicted octanol–water partition coefficient (Wildman–Crippen LogP) is 0.320. The number of hydrogen-bond acceptors (Lipinski definition) is 5. The van der Waals surface area contributed by atoms with Gasteiger partial charge in [-0.2, -0.15) is 0 Å². The maximum atomic E-state index is 11.9. The molecule has 0 fully saturated rings. The minimum absolute atomic E-state index is 0.241. The van der Waals surface area contributed by atoms with Crippen molar-refractivity contribution in [3.8, 4) is 0 Å². The summed E-state index contributed by atoms with van der Waals surface area (Å²) in [6.45, 7) is -0.567. The second-order valence-electron chi connectivity index (χ2n) is 5.22. The van der Waals surface area contributed by atoms with Gasteiger partial charge in [-0.3, -0.25) is 23.5 Å². The summed E-state index contributed by atoms with van der Waals surface area (Å²) in [6, 6.07) is 7.86. The third-order valence-corrected chi connectivity index (χ3v) is 4.03. The van der Waals surface area contributed by atoms with Crippen LogP contribution in [0, 0.1) is 0 Å². The van der Waals surface area contributed by atoms with Crippen LogP contribution in [0.4, 0.5) is 0 Å². The van der Waals surface area contributed by atoms with Crippen LogP contribution in [0.1, 0.15) is 16.1 Å². The van der Waals surface area contributed by atoms with E-state index in [9.17, 15) is 19.2 Å². The Morgan fingerprint density at radius 3 is 2.40 bits per heavy atom. The van der Waals surface area contributed by atoms with Gasteiger partial charge in [-0.1, -0.05) is 15.9 Å². The number of carbonyl (C=O) groups is 2. The van der Waals surface area contributed by atoms with Crippen molar-refractivity contribution in [2.45, 2.75) is 6.61 Å². The Morgan fingerprint density at radius 1 is 1.12 bits per heavy atom. The van der Waals surface area contributed by atoms with E-state index in [2.05, 4.69) is 21.2 Å². The molecule has 132 valence electrons. The van der Waals surface area contributed by atoms with E-state index in [1.807, 2.05) is 0 Å². The second kappa shape index (κ2) is 7.93. The summed E-state index contributed by atoms with van der Waals surface area (Å²) in [4.78, 5) is 47.0. The summed E-state index contributed by atoms with van der Waals surface area (Å²) in [5.74, 6) is -1.09. The molecule has 0 aliphatic rings. The quantitative estimate of drug-likeness (QED) is 0.716. The molecule has 0 radical (unpaired) electrons. The van der Waals surface area contributed by atoms with Crippen molar-refractivity contribution < 1.29 is 14.3 Å². The number of rotatable bonds is 5. The minimum atomic E-state index is -0.682. The van der Waals surface area contributed by atoms with E-state index >= 15 is 0 Å². The zero-order chi connectivity index (χ0) is 18.6. The number of hydrogen-bond donors (Lipinski definition) is 1. The average Bonchev–Trinajstić information content (AvgIpc) is 2.60. The van der Waals surface area contributed by atoms with Crippen molar-refractivity contribution in [1.29, 1.82) is 0 Å². The largest absolute Gasteiger partial charge is 0.458 e. The zero-order valence-electron chi connectivity index (χ0n) is 13.6. The molecule has 1 aromatic heterocycles. The van der Waals surface area contributed by atoms with E-state index in [-0.39, 0.29) is 18.8 Å². The topological polar surface area (TPSA) is 99.4 Å². The number of amides is 1. The Balaban J connectivity index is 1.91. The van der Waals surface area contributed by atoms with Crippen LogP contribution in [0.3, 0.4) is 0 Å². The SMILES string of the molecule is Cn1c(COC(=O)CNC(=O)c2ccc(Br)cc2)cc(=O)n(C)c1=O. The van der Waals surface area contributed by atoms with Crippen LogP contribution in [0.5, 0.6) is 0 Å². The molecule has 2 rings (SSSR count). The highest BCUT2D eigenvalue weighted by atomic mass is 79.9. The number of carbonyl (C=O) groups excluding carboxylic acids is 2. The number of esters is 1. The second-order valence-corrected chi connectivity index (χ2v) is 6.14.